The summed E-state index contributed by atoms with van der Waals surface area (Å²) in [5, 5.41) is 11.7. The lowest BCUT2D eigenvalue weighted by atomic mass is 10.0. The number of carbonyl (C=O) groups is 2. The second kappa shape index (κ2) is 5.62. The first-order chi connectivity index (χ1) is 8.66. The second-order valence-electron chi connectivity index (χ2n) is 4.62. The zero-order chi connectivity index (χ0) is 13.0. The third-order valence-corrected chi connectivity index (χ3v) is 3.34. The first-order valence-corrected chi connectivity index (χ1v) is 6.06. The smallest absolute Gasteiger partial charge is 0.306 e. The lowest BCUT2D eigenvalue weighted by molar-refractivity contribution is -0.141. The number of carboxylic acids is 1. The molecule has 0 spiro atoms. The molecule has 2 N–H and O–H groups in total. The monoisotopic (exact) mass is 248 g/mol. The minimum Gasteiger partial charge on any atom is -0.481 e. The molecule has 5 nitrogen and oxygen atoms in total. The van der Waals surface area contributed by atoms with Crippen LogP contribution in [0.15, 0.2) is 24.5 Å². The normalized spacial score (nSPS) is 22.7. The zero-order valence-corrected chi connectivity index (χ0v) is 10.0. The van der Waals surface area contributed by atoms with E-state index in [0.29, 0.717) is 25.8 Å². The zero-order valence-electron chi connectivity index (χ0n) is 10.0. The molecule has 0 aliphatic heterocycles. The van der Waals surface area contributed by atoms with Crippen molar-refractivity contribution in [3.05, 3.63) is 30.1 Å². The van der Waals surface area contributed by atoms with Gasteiger partial charge in [0.15, 0.2) is 0 Å². The number of amides is 1. The molecule has 1 aliphatic rings. The van der Waals surface area contributed by atoms with Crippen LogP contribution in [0.1, 0.15) is 24.8 Å². The lowest BCUT2D eigenvalue weighted by Crippen LogP contribution is -2.29. The van der Waals surface area contributed by atoms with Crippen LogP contribution in [-0.2, 0) is 16.1 Å². The Morgan fingerprint density at radius 3 is 2.78 bits per heavy atom. The predicted octanol–water partition coefficient (Wildman–Crippen LogP) is 1.20. The molecule has 0 radical (unpaired) electrons. The van der Waals surface area contributed by atoms with Gasteiger partial charge in [0.25, 0.3) is 0 Å². The van der Waals surface area contributed by atoms with E-state index in [2.05, 4.69) is 10.3 Å². The molecular formula is C13H16N2O3. The molecule has 18 heavy (non-hydrogen) atoms. The van der Waals surface area contributed by atoms with Gasteiger partial charge in [-0.15, -0.1) is 0 Å². The Kier molecular flexibility index (Phi) is 3.92. The maximum absolute atomic E-state index is 11.9. The van der Waals surface area contributed by atoms with E-state index in [0.717, 1.165) is 5.56 Å². The summed E-state index contributed by atoms with van der Waals surface area (Å²) in [5.41, 5.74) is 0.943. The molecule has 0 saturated heterocycles. The largest absolute Gasteiger partial charge is 0.481 e. The molecule has 1 aromatic heterocycles. The van der Waals surface area contributed by atoms with Gasteiger partial charge in [-0.3, -0.25) is 14.6 Å². The summed E-state index contributed by atoms with van der Waals surface area (Å²) in [6.07, 6.45) is 5.10. The topological polar surface area (TPSA) is 79.3 Å². The highest BCUT2D eigenvalue weighted by Gasteiger charge is 2.33. The number of carbonyl (C=O) groups excluding carboxylic acids is 1. The van der Waals surface area contributed by atoms with Gasteiger partial charge in [-0.25, -0.2) is 0 Å². The number of hydrogen-bond donors (Lipinski definition) is 2. The highest BCUT2D eigenvalue weighted by molar-refractivity contribution is 5.80. The number of pyridine rings is 1. The Morgan fingerprint density at radius 1 is 1.39 bits per heavy atom. The minimum atomic E-state index is -0.794. The molecule has 2 rings (SSSR count). The summed E-state index contributed by atoms with van der Waals surface area (Å²) >= 11 is 0. The third-order valence-electron chi connectivity index (χ3n) is 3.34. The Balaban J connectivity index is 1.81. The van der Waals surface area contributed by atoms with E-state index in [1.807, 2.05) is 12.1 Å². The van der Waals surface area contributed by atoms with Gasteiger partial charge in [0.1, 0.15) is 0 Å². The molecule has 1 heterocycles. The third kappa shape index (κ3) is 3.06. The van der Waals surface area contributed by atoms with Gasteiger partial charge in [0, 0.05) is 24.9 Å². The number of carboxylic acid groups (broad SMARTS) is 1. The van der Waals surface area contributed by atoms with Crippen LogP contribution < -0.4 is 5.32 Å². The van der Waals surface area contributed by atoms with Crippen LogP contribution in [0.25, 0.3) is 0 Å². The predicted molar refractivity (Wildman–Crippen MR) is 64.6 cm³/mol. The average Bonchev–Trinajstić information content (AvgIpc) is 2.87. The first-order valence-electron chi connectivity index (χ1n) is 6.06. The minimum absolute atomic E-state index is 0.0531. The summed E-state index contributed by atoms with van der Waals surface area (Å²) in [6.45, 7) is 0.445. The Hall–Kier alpha value is -1.91. The Bertz CT molecular complexity index is 433. The van der Waals surface area contributed by atoms with Crippen molar-refractivity contribution in [3.63, 3.8) is 0 Å². The molecule has 1 saturated carbocycles. The van der Waals surface area contributed by atoms with Crippen molar-refractivity contribution in [1.29, 1.82) is 0 Å². The molecule has 0 bridgehead atoms. The molecule has 1 fully saturated rings. The Labute approximate surface area is 105 Å². The van der Waals surface area contributed by atoms with Crippen LogP contribution in [-0.4, -0.2) is 22.0 Å². The van der Waals surface area contributed by atoms with Gasteiger partial charge in [0.2, 0.25) is 5.91 Å². The molecular weight excluding hydrogens is 232 g/mol. The summed E-state index contributed by atoms with van der Waals surface area (Å²) < 4.78 is 0. The van der Waals surface area contributed by atoms with Crippen molar-refractivity contribution >= 4 is 11.9 Å². The fraction of sp³-hybridized carbons (Fsp3) is 0.462. The second-order valence-corrected chi connectivity index (χ2v) is 4.62. The molecule has 0 unspecified atom stereocenters. The molecule has 5 heteroatoms. The van der Waals surface area contributed by atoms with Crippen molar-refractivity contribution < 1.29 is 14.7 Å². The van der Waals surface area contributed by atoms with E-state index in [-0.39, 0.29) is 17.7 Å². The maximum atomic E-state index is 11.9. The first kappa shape index (κ1) is 12.5. The van der Waals surface area contributed by atoms with E-state index < -0.39 is 5.97 Å². The van der Waals surface area contributed by atoms with Gasteiger partial charge in [0.05, 0.1) is 5.92 Å². The number of nitrogens with one attached hydrogen (secondary N) is 1. The van der Waals surface area contributed by atoms with Gasteiger partial charge >= 0.3 is 5.97 Å². The number of hydrogen-bond acceptors (Lipinski definition) is 3. The standard InChI is InChI=1S/C13H16N2O3/c16-12(10-3-4-11(6-10)13(17)18)15-8-9-2-1-5-14-7-9/h1-2,5,7,10-11H,3-4,6,8H2,(H,15,16)(H,17,18)/t10-,11+/m1/s1. The summed E-state index contributed by atoms with van der Waals surface area (Å²) in [5.74, 6) is -1.37. The van der Waals surface area contributed by atoms with E-state index in [4.69, 9.17) is 5.11 Å². The van der Waals surface area contributed by atoms with Crippen LogP contribution in [0.4, 0.5) is 0 Å². The SMILES string of the molecule is O=C(O)[C@H]1CC[C@@H](C(=O)NCc2cccnc2)C1. The quantitative estimate of drug-likeness (QED) is 0.839. The summed E-state index contributed by atoms with van der Waals surface area (Å²) in [6, 6.07) is 3.71. The molecule has 2 atom stereocenters. The molecule has 0 aromatic carbocycles. The highest BCUT2D eigenvalue weighted by Crippen LogP contribution is 2.31. The van der Waals surface area contributed by atoms with Crippen LogP contribution in [0, 0.1) is 11.8 Å². The van der Waals surface area contributed by atoms with Crippen molar-refractivity contribution in [2.45, 2.75) is 25.8 Å². The highest BCUT2D eigenvalue weighted by atomic mass is 16.4. The lowest BCUT2D eigenvalue weighted by Gasteiger charge is -2.10. The number of aromatic nitrogens is 1. The fourth-order valence-corrected chi connectivity index (χ4v) is 2.28. The molecule has 1 aromatic rings. The van der Waals surface area contributed by atoms with Gasteiger partial charge in [-0.2, -0.15) is 0 Å². The fourth-order valence-electron chi connectivity index (χ4n) is 2.28. The molecule has 1 aliphatic carbocycles. The van der Waals surface area contributed by atoms with Crippen molar-refractivity contribution in [2.24, 2.45) is 11.8 Å². The molecule has 96 valence electrons. The average molecular weight is 248 g/mol. The van der Waals surface area contributed by atoms with Crippen LogP contribution in [0.3, 0.4) is 0 Å². The number of nitrogens with zero attached hydrogens (tertiary/aromatic N) is 1. The van der Waals surface area contributed by atoms with E-state index >= 15 is 0 Å². The van der Waals surface area contributed by atoms with Crippen LogP contribution in [0.5, 0.6) is 0 Å². The van der Waals surface area contributed by atoms with Crippen molar-refractivity contribution in [2.75, 3.05) is 0 Å². The van der Waals surface area contributed by atoms with Gasteiger partial charge in [-0.05, 0) is 30.9 Å². The van der Waals surface area contributed by atoms with Crippen LogP contribution in [0.2, 0.25) is 0 Å². The number of rotatable bonds is 4. The summed E-state index contributed by atoms with van der Waals surface area (Å²) in [4.78, 5) is 26.6. The van der Waals surface area contributed by atoms with Crippen molar-refractivity contribution in [1.82, 2.24) is 10.3 Å². The summed E-state index contributed by atoms with van der Waals surface area (Å²) in [7, 11) is 0. The number of aliphatic carboxylic acids is 1. The van der Waals surface area contributed by atoms with E-state index in [9.17, 15) is 9.59 Å². The molecule has 1 amide bonds. The maximum Gasteiger partial charge on any atom is 0.306 e. The van der Waals surface area contributed by atoms with E-state index in [1.165, 1.54) is 0 Å². The van der Waals surface area contributed by atoms with Crippen LogP contribution >= 0.6 is 0 Å². The van der Waals surface area contributed by atoms with E-state index in [1.54, 1.807) is 12.4 Å². The van der Waals surface area contributed by atoms with Gasteiger partial charge < -0.3 is 10.4 Å². The Morgan fingerprint density at radius 2 is 2.17 bits per heavy atom. The van der Waals surface area contributed by atoms with Crippen molar-refractivity contribution in [3.8, 4) is 0 Å². The van der Waals surface area contributed by atoms with Gasteiger partial charge in [-0.1, -0.05) is 6.07 Å².